The van der Waals surface area contributed by atoms with Crippen LogP contribution >= 0.6 is 7.60 Å². The van der Waals surface area contributed by atoms with Crippen molar-refractivity contribution in [1.82, 2.24) is 0 Å². The van der Waals surface area contributed by atoms with Gasteiger partial charge in [0.15, 0.2) is 0 Å². The minimum absolute atomic E-state index is 0.247. The van der Waals surface area contributed by atoms with Gasteiger partial charge in [0.1, 0.15) is 6.16 Å². The maximum atomic E-state index is 11.8. The highest BCUT2D eigenvalue weighted by atomic mass is 31.2. The Hall–Kier alpha value is -0.380. The van der Waals surface area contributed by atoms with Crippen molar-refractivity contribution < 1.29 is 23.1 Å². The molecule has 5 nitrogen and oxygen atoms in total. The summed E-state index contributed by atoms with van der Waals surface area (Å²) in [6.07, 6.45) is -0.317. The van der Waals surface area contributed by atoms with Crippen LogP contribution in [-0.2, 0) is 23.1 Å². The smallest absolute Gasteiger partial charge is 0.341 e. The predicted molar refractivity (Wildman–Crippen MR) is 52.4 cm³/mol. The number of carbonyl (C=O) groups excluding carboxylic acids is 1. The second-order valence-electron chi connectivity index (χ2n) is 2.41. The molecule has 0 radical (unpaired) electrons. The van der Waals surface area contributed by atoms with Gasteiger partial charge < -0.3 is 13.8 Å². The minimum atomic E-state index is -3.28. The molecular formula is C8H17O5P. The van der Waals surface area contributed by atoms with Crippen molar-refractivity contribution in [3.05, 3.63) is 0 Å². The van der Waals surface area contributed by atoms with Crippen molar-refractivity contribution >= 4 is 13.6 Å². The Morgan fingerprint density at radius 2 is 1.57 bits per heavy atom. The van der Waals surface area contributed by atoms with E-state index in [0.717, 1.165) is 0 Å². The summed E-state index contributed by atoms with van der Waals surface area (Å²) >= 11 is 0. The number of esters is 1. The largest absolute Gasteiger partial charge is 0.466 e. The third kappa shape index (κ3) is 5.37. The molecule has 84 valence electrons. The number of hydrogen-bond donors (Lipinski definition) is 0. The van der Waals surface area contributed by atoms with Crippen LogP contribution in [0.15, 0.2) is 0 Å². The van der Waals surface area contributed by atoms with E-state index < -0.39 is 13.6 Å². The number of carbonyl (C=O) groups is 1. The second kappa shape index (κ2) is 6.98. The highest BCUT2D eigenvalue weighted by Crippen LogP contribution is 2.47. The molecule has 0 amide bonds. The van der Waals surface area contributed by atoms with Crippen LogP contribution in [0.3, 0.4) is 0 Å². The average Bonchev–Trinajstić information content (AvgIpc) is 2.04. The molecule has 0 saturated carbocycles. The van der Waals surface area contributed by atoms with E-state index in [1.165, 1.54) is 0 Å². The Bertz CT molecular complexity index is 206. The lowest BCUT2D eigenvalue weighted by Gasteiger charge is -2.15. The van der Waals surface area contributed by atoms with E-state index in [0.29, 0.717) is 0 Å². The van der Waals surface area contributed by atoms with Gasteiger partial charge in [-0.25, -0.2) is 0 Å². The van der Waals surface area contributed by atoms with Crippen molar-refractivity contribution in [1.29, 1.82) is 0 Å². The van der Waals surface area contributed by atoms with Crippen LogP contribution in [0, 0.1) is 0 Å². The summed E-state index contributed by atoms with van der Waals surface area (Å²) in [5.41, 5.74) is 0. The zero-order valence-corrected chi connectivity index (χ0v) is 9.71. The summed E-state index contributed by atoms with van der Waals surface area (Å²) in [6.45, 7) is 5.82. The first-order valence-corrected chi connectivity index (χ1v) is 6.34. The predicted octanol–water partition coefficient (Wildman–Crippen LogP) is 1.82. The fourth-order valence-electron chi connectivity index (χ4n) is 0.887. The lowest BCUT2D eigenvalue weighted by molar-refractivity contribution is -0.140. The van der Waals surface area contributed by atoms with Gasteiger partial charge in [-0.15, -0.1) is 0 Å². The van der Waals surface area contributed by atoms with Gasteiger partial charge in [-0.2, -0.15) is 0 Å². The second-order valence-corrected chi connectivity index (χ2v) is 4.46. The fourth-order valence-corrected chi connectivity index (χ4v) is 2.34. The molecule has 6 heteroatoms. The van der Waals surface area contributed by atoms with Crippen LogP contribution in [0.1, 0.15) is 20.8 Å². The zero-order chi connectivity index (χ0) is 11.0. The van der Waals surface area contributed by atoms with E-state index in [4.69, 9.17) is 9.05 Å². The highest BCUT2D eigenvalue weighted by Gasteiger charge is 2.28. The molecule has 0 aromatic rings. The topological polar surface area (TPSA) is 61.8 Å². The van der Waals surface area contributed by atoms with Crippen LogP contribution in [0.5, 0.6) is 0 Å². The summed E-state index contributed by atoms with van der Waals surface area (Å²) in [5, 5.41) is 0. The lowest BCUT2D eigenvalue weighted by atomic mass is 10.9. The quantitative estimate of drug-likeness (QED) is 0.376. The SMILES string of the molecule is CCO[13C](=O)[13CH2]P(=O)(OCC)OCC. The molecule has 0 saturated heterocycles. The van der Waals surface area contributed by atoms with Gasteiger partial charge in [0.05, 0.1) is 19.8 Å². The number of rotatable bonds is 7. The highest BCUT2D eigenvalue weighted by molar-refractivity contribution is 7.54. The van der Waals surface area contributed by atoms with E-state index in [1.807, 2.05) is 0 Å². The van der Waals surface area contributed by atoms with Crippen LogP contribution in [0.25, 0.3) is 0 Å². The molecule has 0 heterocycles. The first-order chi connectivity index (χ1) is 6.58. The summed E-state index contributed by atoms with van der Waals surface area (Å²) in [5.74, 6) is -0.558. The van der Waals surface area contributed by atoms with E-state index in [9.17, 15) is 9.36 Å². The van der Waals surface area contributed by atoms with Gasteiger partial charge >= 0.3 is 13.6 Å². The lowest BCUT2D eigenvalue weighted by Crippen LogP contribution is -2.12. The van der Waals surface area contributed by atoms with E-state index in [2.05, 4.69) is 4.74 Å². The molecule has 14 heavy (non-hydrogen) atoms. The van der Waals surface area contributed by atoms with E-state index in [1.54, 1.807) is 20.8 Å². The van der Waals surface area contributed by atoms with Gasteiger partial charge in [0.25, 0.3) is 0 Å². The molecule has 0 fully saturated rings. The molecule has 0 N–H and O–H groups in total. The summed E-state index contributed by atoms with van der Waals surface area (Å²) in [6, 6.07) is 0. The van der Waals surface area contributed by atoms with Crippen LogP contribution in [0.4, 0.5) is 0 Å². The molecule has 0 spiro atoms. The first-order valence-electron chi connectivity index (χ1n) is 4.61. The molecular weight excluding hydrogens is 209 g/mol. The standard InChI is InChI=1S/C8H17O5P/c1-4-11-8(9)7-14(10,12-5-2)13-6-3/h4-7H2,1-3H3/i7+1,8+1. The third-order valence-electron chi connectivity index (χ3n) is 1.28. The molecule has 0 aliphatic rings. The van der Waals surface area contributed by atoms with Gasteiger partial charge in [-0.05, 0) is 20.8 Å². The molecule has 0 bridgehead atoms. The molecule has 0 aromatic heterocycles. The molecule has 0 unspecified atom stereocenters. The third-order valence-corrected chi connectivity index (χ3v) is 3.23. The molecule has 0 aliphatic carbocycles. The van der Waals surface area contributed by atoms with E-state index in [-0.39, 0.29) is 26.0 Å². The molecule has 0 atom stereocenters. The fraction of sp³-hybridized carbons (Fsp3) is 0.875. The normalized spacial score (nSPS) is 11.4. The average molecular weight is 226 g/mol. The van der Waals surface area contributed by atoms with Crippen molar-refractivity contribution in [3.8, 4) is 0 Å². The Balaban J connectivity index is 4.21. The van der Waals surface area contributed by atoms with E-state index >= 15 is 0 Å². The number of hydrogen-bond acceptors (Lipinski definition) is 5. The Labute approximate surface area is 84.3 Å². The Morgan fingerprint density at radius 1 is 1.07 bits per heavy atom. The van der Waals surface area contributed by atoms with Gasteiger partial charge in [0.2, 0.25) is 0 Å². The van der Waals surface area contributed by atoms with Crippen LogP contribution in [-0.4, -0.2) is 32.0 Å². The van der Waals surface area contributed by atoms with Crippen molar-refractivity contribution in [3.63, 3.8) is 0 Å². The minimum Gasteiger partial charge on any atom is -0.466 e. The van der Waals surface area contributed by atoms with Crippen molar-refractivity contribution in [2.45, 2.75) is 20.8 Å². The van der Waals surface area contributed by atoms with Gasteiger partial charge in [-0.1, -0.05) is 0 Å². The summed E-state index contributed by atoms with van der Waals surface area (Å²) in [7, 11) is -3.28. The monoisotopic (exact) mass is 226 g/mol. The maximum absolute atomic E-state index is 11.8. The summed E-state index contributed by atoms with van der Waals surface area (Å²) in [4.78, 5) is 11.1. The Morgan fingerprint density at radius 3 is 1.93 bits per heavy atom. The summed E-state index contributed by atoms with van der Waals surface area (Å²) < 4.78 is 26.3. The maximum Gasteiger partial charge on any atom is 0.341 e. The van der Waals surface area contributed by atoms with Crippen LogP contribution < -0.4 is 0 Å². The van der Waals surface area contributed by atoms with Crippen LogP contribution in [0.2, 0.25) is 0 Å². The van der Waals surface area contributed by atoms with Crippen molar-refractivity contribution in [2.75, 3.05) is 26.0 Å². The van der Waals surface area contributed by atoms with Crippen molar-refractivity contribution in [2.24, 2.45) is 0 Å². The molecule has 0 aromatic carbocycles. The number of ether oxygens (including phenoxy) is 1. The van der Waals surface area contributed by atoms with Gasteiger partial charge in [0, 0.05) is 0 Å². The zero-order valence-electron chi connectivity index (χ0n) is 8.82. The molecule has 0 aliphatic heterocycles. The molecule has 0 rings (SSSR count). The Kier molecular flexibility index (Phi) is 6.79. The first kappa shape index (κ1) is 13.6. The van der Waals surface area contributed by atoms with Gasteiger partial charge in [-0.3, -0.25) is 9.36 Å².